The second-order valence-electron chi connectivity index (χ2n) is 19.6. The molecule has 8 heteroatoms. The van der Waals surface area contributed by atoms with Gasteiger partial charge in [0.05, 0.1) is 10.8 Å². The van der Waals surface area contributed by atoms with Gasteiger partial charge < -0.3 is 4.74 Å². The first-order chi connectivity index (χ1) is 32.8. The average Bonchev–Trinajstić information content (AvgIpc) is 4.09. The van der Waals surface area contributed by atoms with Gasteiger partial charge in [-0.3, -0.25) is 9.97 Å². The van der Waals surface area contributed by atoms with Gasteiger partial charge in [0.25, 0.3) is 11.4 Å². The molecule has 6 aromatic carbocycles. The van der Waals surface area contributed by atoms with Crippen LogP contribution >= 0.6 is 0 Å². The molecule has 11 heterocycles. The van der Waals surface area contributed by atoms with Crippen LogP contribution in [0.25, 0.3) is 44.5 Å². The van der Waals surface area contributed by atoms with Crippen molar-refractivity contribution in [2.75, 3.05) is 0 Å². The molecule has 3 spiro atoms. The highest BCUT2D eigenvalue weighted by atomic mass is 16.5. The Kier molecular flexibility index (Phi) is 4.93. The van der Waals surface area contributed by atoms with Gasteiger partial charge in [0.1, 0.15) is 0 Å². The number of rotatable bonds is 0. The number of hydrogen-bond acceptors (Lipinski definition) is 3. The number of quaternary nitrogens is 1. The van der Waals surface area contributed by atoms with Gasteiger partial charge >= 0.3 is 13.4 Å². The van der Waals surface area contributed by atoms with E-state index in [1.54, 1.807) is 0 Å². The lowest BCUT2D eigenvalue weighted by Crippen LogP contribution is -2.99. The summed E-state index contributed by atoms with van der Waals surface area (Å²) in [6.45, 7) is -0.0534. The van der Waals surface area contributed by atoms with Crippen LogP contribution in [0, 0.1) is 0 Å². The predicted molar refractivity (Wildman–Crippen MR) is 256 cm³/mol. The molecule has 0 bridgehead atoms. The van der Waals surface area contributed by atoms with Crippen molar-refractivity contribution in [1.29, 1.82) is 0 Å². The fourth-order valence-electron chi connectivity index (χ4n) is 15.9. The van der Waals surface area contributed by atoms with Crippen LogP contribution in [-0.2, 0) is 10.8 Å². The quantitative estimate of drug-likeness (QED) is 0.112. The third kappa shape index (κ3) is 2.87. The van der Waals surface area contributed by atoms with Crippen molar-refractivity contribution in [2.24, 2.45) is 0 Å². The summed E-state index contributed by atoms with van der Waals surface area (Å²) in [4.78, 5) is 10.4. The minimum atomic E-state index is -0.600. The van der Waals surface area contributed by atoms with Gasteiger partial charge in [0.2, 0.25) is 35.1 Å². The zero-order chi connectivity index (χ0) is 42.2. The van der Waals surface area contributed by atoms with Crippen LogP contribution in [-0.4, -0.2) is 23.4 Å². The molecule has 4 aromatic heterocycles. The van der Waals surface area contributed by atoms with Crippen molar-refractivity contribution in [1.82, 2.24) is 14.7 Å². The molecule has 0 fully saturated rings. The van der Waals surface area contributed by atoms with Gasteiger partial charge in [-0.05, 0) is 102 Å². The van der Waals surface area contributed by atoms with E-state index in [2.05, 4.69) is 192 Å². The molecular formula is C58H30B2N5O+3. The summed E-state index contributed by atoms with van der Waals surface area (Å²) in [6, 6.07) is 55.2. The van der Waals surface area contributed by atoms with E-state index in [4.69, 9.17) is 14.7 Å². The van der Waals surface area contributed by atoms with Gasteiger partial charge in [-0.25, -0.2) is 0 Å². The zero-order valence-electron chi connectivity index (χ0n) is 35.1. The summed E-state index contributed by atoms with van der Waals surface area (Å²) < 4.78 is 13.1. The fourth-order valence-corrected chi connectivity index (χ4v) is 15.9. The molecule has 0 atom stereocenters. The van der Waals surface area contributed by atoms with Gasteiger partial charge in [-0.15, -0.1) is 0 Å². The number of pyridine rings is 4. The molecule has 10 aromatic rings. The number of ether oxygens (including phenoxy) is 1. The lowest BCUT2D eigenvalue weighted by molar-refractivity contribution is -1.03. The first-order valence-electron chi connectivity index (χ1n) is 23.2. The van der Waals surface area contributed by atoms with E-state index >= 15 is 0 Å². The number of nitrogens with zero attached hydrogens (tertiary/aromatic N) is 5. The third-order valence-electron chi connectivity index (χ3n) is 17.6. The lowest BCUT2D eigenvalue weighted by atomic mass is 9.32. The van der Waals surface area contributed by atoms with Crippen LogP contribution in [0.5, 0.6) is 11.5 Å². The minimum Gasteiger partial charge on any atom is -0.444 e. The molecule has 6 nitrogen and oxygen atoms in total. The number of aromatic nitrogens is 4. The topological polar surface area (TPSA) is 42.8 Å². The zero-order valence-corrected chi connectivity index (χ0v) is 35.1. The molecule has 66 heavy (non-hydrogen) atoms. The van der Waals surface area contributed by atoms with Crippen LogP contribution in [0.4, 0.5) is 11.4 Å². The average molecular weight is 835 g/mol. The molecule has 0 unspecified atom stereocenters. The summed E-state index contributed by atoms with van der Waals surface area (Å²) in [6.07, 6.45) is 13.4. The van der Waals surface area contributed by atoms with Gasteiger partial charge in [0.15, 0.2) is 4.70 Å². The summed E-state index contributed by atoms with van der Waals surface area (Å²) in [5, 5.41) is 0. The summed E-state index contributed by atoms with van der Waals surface area (Å²) in [5.41, 5.74) is 29.7. The van der Waals surface area contributed by atoms with Crippen LogP contribution in [0.15, 0.2) is 183 Å². The number of hydrogen-bond donors (Lipinski definition) is 0. The standard InChI is InChI=1S/C58H30B2N5O/c1-5-17-39-31(11-1)32-12-2-6-18-40(32)57(39)43-21-23-47-53-51(43)59-49-37(27-61-29-45(49)57)35-15-9-25-63(55(35)59)65(53)54-48(66-47)24-22-44-52(54)60-50-38(36-16-10-26-64(65)56(36)60)28-62-30-46(50)58(44)41-19-7-3-13-33(41)34-14-4-8-20-42(34)58/h1-30H/q+3. The maximum absolute atomic E-state index is 7.56. The van der Waals surface area contributed by atoms with Crippen molar-refractivity contribution in [3.8, 4) is 56.0 Å². The largest absolute Gasteiger partial charge is 0.444 e. The normalized spacial score (nSPS) is 17.2. The summed E-state index contributed by atoms with van der Waals surface area (Å²) in [5.74, 6) is 1.79. The van der Waals surface area contributed by atoms with Crippen LogP contribution in [0.3, 0.4) is 0 Å². The molecule has 2 aliphatic carbocycles. The maximum atomic E-state index is 7.56. The molecular weight excluding hydrogens is 804 g/mol. The monoisotopic (exact) mass is 834 g/mol. The van der Waals surface area contributed by atoms with Crippen molar-refractivity contribution < 1.29 is 14.1 Å². The molecule has 0 amide bonds. The molecule has 296 valence electrons. The number of benzene rings is 6. The highest BCUT2D eigenvalue weighted by molar-refractivity contribution is 7.01. The fraction of sp³-hybridized carbons (Fsp3) is 0.0345. The van der Waals surface area contributed by atoms with Crippen LogP contribution in [0.1, 0.15) is 44.5 Å². The van der Waals surface area contributed by atoms with E-state index in [1.807, 2.05) is 0 Å². The summed E-state index contributed by atoms with van der Waals surface area (Å²) in [7, 11) is 0. The highest BCUT2D eigenvalue weighted by Gasteiger charge is 2.78. The van der Waals surface area contributed by atoms with Crippen LogP contribution in [0.2, 0.25) is 0 Å². The molecule has 7 aliphatic heterocycles. The Bertz CT molecular complexity index is 3800. The first-order valence-corrected chi connectivity index (χ1v) is 23.2. The van der Waals surface area contributed by atoms with Gasteiger partial charge in [-0.1, -0.05) is 109 Å². The second-order valence-corrected chi connectivity index (χ2v) is 19.6. The molecule has 0 radical (unpaired) electrons. The summed E-state index contributed by atoms with van der Waals surface area (Å²) >= 11 is 0. The second kappa shape index (κ2) is 10.0. The Balaban J connectivity index is 1.05. The maximum Gasteiger partial charge on any atom is 0.343 e. The third-order valence-corrected chi connectivity index (χ3v) is 17.6. The van der Waals surface area contributed by atoms with E-state index in [9.17, 15) is 0 Å². The Labute approximate surface area is 379 Å². The van der Waals surface area contributed by atoms with E-state index in [1.165, 1.54) is 133 Å². The molecule has 19 rings (SSSR count). The van der Waals surface area contributed by atoms with E-state index in [0.717, 1.165) is 11.5 Å². The number of fused-ring (bicyclic) bond motifs is 16. The molecule has 9 aliphatic rings. The SMILES string of the molecule is c1ccc2c(c1)-c1ccccc1C21c2cncc3c2B2c4c1ccc1c4[N+]4(c5c(ccc6c5B5c7c(cncc7C67c6ccccc6-c6ccccc67)-c6ccc[n+]4c65)O1)[n+]1cccc-3c12. The van der Waals surface area contributed by atoms with Gasteiger partial charge in [-0.2, -0.15) is 0 Å². The molecule has 0 saturated carbocycles. The van der Waals surface area contributed by atoms with Crippen molar-refractivity contribution in [3.63, 3.8) is 0 Å². The lowest BCUT2D eigenvalue weighted by Gasteiger charge is -2.46. The van der Waals surface area contributed by atoms with E-state index in [-0.39, 0.29) is 13.4 Å². The van der Waals surface area contributed by atoms with Crippen molar-refractivity contribution in [2.45, 2.75) is 10.8 Å². The Morgan fingerprint density at radius 1 is 0.364 bits per heavy atom. The molecule has 0 saturated heterocycles. The first kappa shape index (κ1) is 32.5. The van der Waals surface area contributed by atoms with Gasteiger partial charge in [0, 0.05) is 79.5 Å². The predicted octanol–water partition coefficient (Wildman–Crippen LogP) is 5.70. The Morgan fingerprint density at radius 2 is 0.758 bits per heavy atom. The van der Waals surface area contributed by atoms with E-state index < -0.39 is 10.8 Å². The minimum absolute atomic E-state index is 0.0267. The van der Waals surface area contributed by atoms with Crippen molar-refractivity contribution in [3.05, 3.63) is 227 Å². The highest BCUT2D eigenvalue weighted by Crippen LogP contribution is 2.63. The van der Waals surface area contributed by atoms with Crippen LogP contribution < -0.4 is 51.8 Å². The Hall–Kier alpha value is -8.19. The van der Waals surface area contributed by atoms with Crippen molar-refractivity contribution >= 4 is 57.8 Å². The smallest absolute Gasteiger partial charge is 0.343 e. The Morgan fingerprint density at radius 3 is 1.18 bits per heavy atom. The molecule has 0 N–H and O–H groups in total. The van der Waals surface area contributed by atoms with E-state index in [0.29, 0.717) is 4.70 Å².